The number of halogens is 1. The summed E-state index contributed by atoms with van der Waals surface area (Å²) in [7, 11) is 0. The van der Waals surface area contributed by atoms with Crippen LogP contribution >= 0.6 is 0 Å². The lowest BCUT2D eigenvalue weighted by Crippen LogP contribution is -2.55. The van der Waals surface area contributed by atoms with Gasteiger partial charge < -0.3 is 25.2 Å². The number of hydrogen-bond donors (Lipinski definition) is 2. The van der Waals surface area contributed by atoms with E-state index in [0.717, 1.165) is 37.9 Å². The van der Waals surface area contributed by atoms with Gasteiger partial charge >= 0.3 is 12.1 Å². The third kappa shape index (κ3) is 7.56. The van der Waals surface area contributed by atoms with Gasteiger partial charge in [-0.3, -0.25) is 14.7 Å². The van der Waals surface area contributed by atoms with Crippen molar-refractivity contribution < 1.29 is 23.5 Å². The second-order valence-electron chi connectivity index (χ2n) is 12.4. The monoisotopic (exact) mass is 580 g/mol. The van der Waals surface area contributed by atoms with Gasteiger partial charge in [0.25, 0.3) is 0 Å². The summed E-state index contributed by atoms with van der Waals surface area (Å²) in [5, 5.41) is 5.65. The van der Waals surface area contributed by atoms with Crippen molar-refractivity contribution in [3.8, 4) is 0 Å². The fraction of sp³-hybridized carbons (Fsp3) is 0.548. The van der Waals surface area contributed by atoms with Crippen molar-refractivity contribution in [2.75, 3.05) is 44.6 Å². The number of nitrogens with zero attached hydrogens (tertiary/aromatic N) is 4. The van der Waals surface area contributed by atoms with Crippen molar-refractivity contribution in [3.05, 3.63) is 59.7 Å². The molecule has 10 nitrogen and oxygen atoms in total. The molecule has 2 atom stereocenters. The fourth-order valence-electron chi connectivity index (χ4n) is 5.76. The Morgan fingerprint density at radius 3 is 2.40 bits per heavy atom. The standard InChI is InChI=1S/C31H41FN6O4/c1-31(2,3)42-30(41)38-15-13-36(14-16-38)24-8-11-37(12-9-24)29(40)34-20-22-6-7-23(17-27(22)32)35-28(39)26-18-25(26)21-5-4-10-33-19-21/h4-7,10,17,19,24-26H,8-9,11-16,18,20H2,1-3H3,(H,34,40)(H,35,39)/t25-,26+/m1/s1. The average Bonchev–Trinajstić information content (AvgIpc) is 3.78. The lowest BCUT2D eigenvalue weighted by molar-refractivity contribution is -0.117. The molecule has 0 bridgehead atoms. The van der Waals surface area contributed by atoms with E-state index in [1.165, 1.54) is 6.07 Å². The van der Waals surface area contributed by atoms with Crippen LogP contribution in [0.5, 0.6) is 0 Å². The molecule has 5 rings (SSSR count). The molecule has 2 saturated heterocycles. The Hall–Kier alpha value is -3.73. The van der Waals surface area contributed by atoms with E-state index in [9.17, 15) is 18.8 Å². The highest BCUT2D eigenvalue weighted by molar-refractivity contribution is 5.95. The molecule has 1 aromatic carbocycles. The van der Waals surface area contributed by atoms with E-state index in [1.54, 1.807) is 34.3 Å². The highest BCUT2D eigenvalue weighted by Gasteiger charge is 2.44. The largest absolute Gasteiger partial charge is 0.444 e. The normalized spacial score (nSPS) is 21.5. The maximum Gasteiger partial charge on any atom is 0.410 e. The molecule has 1 aliphatic carbocycles. The summed E-state index contributed by atoms with van der Waals surface area (Å²) in [5.41, 5.74) is 1.30. The zero-order valence-electron chi connectivity index (χ0n) is 24.6. The number of amides is 4. The molecule has 0 unspecified atom stereocenters. The number of urea groups is 1. The second kappa shape index (κ2) is 12.6. The van der Waals surface area contributed by atoms with Gasteiger partial charge in [-0.25, -0.2) is 14.0 Å². The third-order valence-corrected chi connectivity index (χ3v) is 8.22. The number of nitrogens with one attached hydrogen (secondary N) is 2. The van der Waals surface area contributed by atoms with E-state index in [1.807, 2.05) is 32.9 Å². The number of ether oxygens (including phenoxy) is 1. The van der Waals surface area contributed by atoms with Crippen LogP contribution in [0.15, 0.2) is 42.7 Å². The van der Waals surface area contributed by atoms with Gasteiger partial charge in [-0.1, -0.05) is 12.1 Å². The summed E-state index contributed by atoms with van der Waals surface area (Å²) in [6.07, 6.45) is 5.68. The van der Waals surface area contributed by atoms with Crippen LogP contribution in [0.2, 0.25) is 0 Å². The van der Waals surface area contributed by atoms with E-state index < -0.39 is 11.4 Å². The number of aromatic nitrogens is 1. The van der Waals surface area contributed by atoms with Gasteiger partial charge in [-0.2, -0.15) is 0 Å². The van der Waals surface area contributed by atoms with Crippen molar-refractivity contribution in [3.63, 3.8) is 0 Å². The molecule has 226 valence electrons. The SMILES string of the molecule is CC(C)(C)OC(=O)N1CCN(C2CCN(C(=O)NCc3ccc(NC(=O)[C@H]4C[C@@H]4c4cccnc4)cc3F)CC2)CC1. The van der Waals surface area contributed by atoms with E-state index in [0.29, 0.717) is 43.5 Å². The van der Waals surface area contributed by atoms with Crippen LogP contribution in [-0.4, -0.2) is 88.6 Å². The predicted octanol–water partition coefficient (Wildman–Crippen LogP) is 4.19. The lowest BCUT2D eigenvalue weighted by Gasteiger charge is -2.42. The van der Waals surface area contributed by atoms with Gasteiger partial charge in [0.1, 0.15) is 11.4 Å². The lowest BCUT2D eigenvalue weighted by atomic mass is 10.0. The number of likely N-dealkylation sites (tertiary alicyclic amines) is 1. The molecule has 2 aromatic rings. The molecule has 42 heavy (non-hydrogen) atoms. The zero-order chi connectivity index (χ0) is 29.9. The molecule has 4 amide bonds. The Labute approximate surface area is 246 Å². The van der Waals surface area contributed by atoms with Crippen LogP contribution in [0.4, 0.5) is 19.7 Å². The minimum atomic E-state index is -0.504. The number of hydrogen-bond acceptors (Lipinski definition) is 6. The first-order valence-corrected chi connectivity index (χ1v) is 14.8. The second-order valence-corrected chi connectivity index (χ2v) is 12.4. The number of carbonyl (C=O) groups excluding carboxylic acids is 3. The average molecular weight is 581 g/mol. The minimum absolute atomic E-state index is 0.0666. The molecule has 0 spiro atoms. The first-order chi connectivity index (χ1) is 20.1. The molecule has 3 heterocycles. The van der Waals surface area contributed by atoms with Gasteiger partial charge in [0, 0.05) is 81.4 Å². The molecule has 3 aliphatic rings. The molecule has 0 radical (unpaired) electrons. The summed E-state index contributed by atoms with van der Waals surface area (Å²) in [4.78, 5) is 47.8. The van der Waals surface area contributed by atoms with Crippen LogP contribution in [0.1, 0.15) is 57.1 Å². The quantitative estimate of drug-likeness (QED) is 0.531. The number of carbonyl (C=O) groups is 3. The molecular weight excluding hydrogens is 539 g/mol. The van der Waals surface area contributed by atoms with Crippen molar-refractivity contribution in [2.45, 2.75) is 64.1 Å². The molecule has 11 heteroatoms. The number of pyridine rings is 1. The van der Waals surface area contributed by atoms with Gasteiger partial charge in [-0.15, -0.1) is 0 Å². The summed E-state index contributed by atoms with van der Waals surface area (Å²) >= 11 is 0. The maximum absolute atomic E-state index is 14.8. The fourth-order valence-corrected chi connectivity index (χ4v) is 5.76. The molecule has 1 saturated carbocycles. The number of piperidine rings is 1. The first kappa shape index (κ1) is 29.8. The van der Waals surface area contributed by atoms with Gasteiger partial charge in [0.05, 0.1) is 0 Å². The van der Waals surface area contributed by atoms with E-state index in [-0.39, 0.29) is 36.4 Å². The van der Waals surface area contributed by atoms with Gasteiger partial charge in [0.15, 0.2) is 0 Å². The zero-order valence-corrected chi connectivity index (χ0v) is 24.6. The van der Waals surface area contributed by atoms with Gasteiger partial charge in [0.2, 0.25) is 5.91 Å². The highest BCUT2D eigenvalue weighted by Crippen LogP contribution is 2.47. The minimum Gasteiger partial charge on any atom is -0.444 e. The predicted molar refractivity (Wildman–Crippen MR) is 156 cm³/mol. The summed E-state index contributed by atoms with van der Waals surface area (Å²) < 4.78 is 20.3. The van der Waals surface area contributed by atoms with E-state index in [4.69, 9.17) is 4.74 Å². The van der Waals surface area contributed by atoms with E-state index >= 15 is 0 Å². The number of anilines is 1. The molecule has 2 aliphatic heterocycles. The van der Waals surface area contributed by atoms with Crippen LogP contribution < -0.4 is 10.6 Å². The van der Waals surface area contributed by atoms with Crippen molar-refractivity contribution in [1.29, 1.82) is 0 Å². The summed E-state index contributed by atoms with van der Waals surface area (Å²) in [6, 6.07) is 8.54. The van der Waals surface area contributed by atoms with Crippen LogP contribution in [0.3, 0.4) is 0 Å². The van der Waals surface area contributed by atoms with Crippen LogP contribution in [-0.2, 0) is 16.1 Å². The molecule has 2 N–H and O–H groups in total. The van der Waals surface area contributed by atoms with Gasteiger partial charge in [-0.05, 0) is 69.7 Å². The van der Waals surface area contributed by atoms with Crippen molar-refractivity contribution in [2.24, 2.45) is 5.92 Å². The molecule has 3 fully saturated rings. The molecular formula is C31H41FN6O4. The maximum atomic E-state index is 14.8. The van der Waals surface area contributed by atoms with Crippen LogP contribution in [0.25, 0.3) is 0 Å². The third-order valence-electron chi connectivity index (χ3n) is 8.22. The summed E-state index contributed by atoms with van der Waals surface area (Å²) in [5.74, 6) is -0.589. The Morgan fingerprint density at radius 2 is 1.76 bits per heavy atom. The topological polar surface area (TPSA) is 107 Å². The number of rotatable bonds is 6. The Balaban J connectivity index is 1.02. The first-order valence-electron chi connectivity index (χ1n) is 14.8. The van der Waals surface area contributed by atoms with Crippen molar-refractivity contribution >= 4 is 23.7 Å². The van der Waals surface area contributed by atoms with Crippen molar-refractivity contribution in [1.82, 2.24) is 25.0 Å². The molecule has 1 aromatic heterocycles. The van der Waals surface area contributed by atoms with Crippen LogP contribution in [0, 0.1) is 11.7 Å². The summed E-state index contributed by atoms with van der Waals surface area (Å²) in [6.45, 7) is 9.77. The highest BCUT2D eigenvalue weighted by atomic mass is 19.1. The Bertz CT molecular complexity index is 1270. The number of benzene rings is 1. The Kier molecular flexibility index (Phi) is 8.96. The number of piperazine rings is 1. The Morgan fingerprint density at radius 1 is 1.02 bits per heavy atom. The smallest absolute Gasteiger partial charge is 0.410 e. The van der Waals surface area contributed by atoms with E-state index in [2.05, 4.69) is 20.5 Å².